The minimum Gasteiger partial charge on any atom is -0.394 e. The third-order valence-electron chi connectivity index (χ3n) is 3.62. The first-order chi connectivity index (χ1) is 10.0. The van der Waals surface area contributed by atoms with Gasteiger partial charge in [0, 0.05) is 0 Å². The summed E-state index contributed by atoms with van der Waals surface area (Å²) in [6, 6.07) is -0.975. The molecule has 7 N–H and O–H groups in total. The summed E-state index contributed by atoms with van der Waals surface area (Å²) in [5, 5.41) is 29.3. The lowest BCUT2D eigenvalue weighted by molar-refractivity contribution is -0.213. The van der Waals surface area contributed by atoms with E-state index < -0.39 is 37.2 Å². The Morgan fingerprint density at radius 3 is 2.71 bits per heavy atom. The van der Waals surface area contributed by atoms with Gasteiger partial charge >= 0.3 is 0 Å². The summed E-state index contributed by atoms with van der Waals surface area (Å²) in [5.74, 6) is 0.201. The Hall–Kier alpha value is -1.85. The second kappa shape index (κ2) is 5.16. The Morgan fingerprint density at radius 2 is 2.00 bits per heavy atom. The van der Waals surface area contributed by atoms with Crippen LogP contribution in [0, 0.1) is 0 Å². The molecule has 2 aromatic heterocycles. The highest BCUT2D eigenvalue weighted by Crippen LogP contribution is 2.29. The van der Waals surface area contributed by atoms with E-state index in [0.29, 0.717) is 11.2 Å². The maximum Gasteiger partial charge on any atom is 0.167 e. The third-order valence-corrected chi connectivity index (χ3v) is 3.62. The average molecular weight is 296 g/mol. The normalized spacial score (nSPS) is 33.4. The van der Waals surface area contributed by atoms with E-state index in [1.165, 1.54) is 17.2 Å². The fourth-order valence-corrected chi connectivity index (χ4v) is 2.42. The molecule has 0 spiro atoms. The molecule has 3 rings (SSSR count). The molecule has 0 aliphatic carbocycles. The molecule has 21 heavy (non-hydrogen) atoms. The van der Waals surface area contributed by atoms with Crippen molar-refractivity contribution in [2.75, 3.05) is 12.3 Å². The van der Waals surface area contributed by atoms with Crippen molar-refractivity contribution < 1.29 is 20.1 Å². The number of hydrogen-bond acceptors (Lipinski definition) is 9. The molecular formula is C11H16N6O4. The van der Waals surface area contributed by atoms with Gasteiger partial charge in [-0.25, -0.2) is 15.0 Å². The number of hydrogen-bond donors (Lipinski definition) is 5. The summed E-state index contributed by atoms with van der Waals surface area (Å²) in [7, 11) is 0. The first kappa shape index (κ1) is 14.1. The number of imidazole rings is 1. The Bertz CT molecular complexity index is 647. The van der Waals surface area contributed by atoms with Gasteiger partial charge in [-0.3, -0.25) is 4.57 Å². The molecule has 1 aliphatic rings. The predicted molar refractivity (Wildman–Crippen MR) is 70.7 cm³/mol. The van der Waals surface area contributed by atoms with Crippen molar-refractivity contribution >= 4 is 17.0 Å². The molecule has 0 bridgehead atoms. The van der Waals surface area contributed by atoms with Crippen molar-refractivity contribution in [3.63, 3.8) is 0 Å². The lowest BCUT2D eigenvalue weighted by Gasteiger charge is -2.41. The van der Waals surface area contributed by atoms with Gasteiger partial charge in [-0.1, -0.05) is 0 Å². The highest BCUT2D eigenvalue weighted by molar-refractivity contribution is 5.81. The van der Waals surface area contributed by atoms with Gasteiger partial charge in [0.25, 0.3) is 0 Å². The van der Waals surface area contributed by atoms with Gasteiger partial charge in [-0.2, -0.15) is 0 Å². The van der Waals surface area contributed by atoms with E-state index in [4.69, 9.17) is 16.2 Å². The number of aliphatic hydroxyl groups excluding tert-OH is 3. The number of ether oxygens (including phenoxy) is 1. The zero-order chi connectivity index (χ0) is 15.1. The van der Waals surface area contributed by atoms with Crippen LogP contribution in [0.1, 0.15) is 6.23 Å². The number of rotatable bonds is 2. The lowest BCUT2D eigenvalue weighted by Crippen LogP contribution is -2.60. The smallest absolute Gasteiger partial charge is 0.167 e. The molecule has 1 saturated heterocycles. The maximum atomic E-state index is 10.2. The second-order valence-corrected chi connectivity index (χ2v) is 4.89. The monoisotopic (exact) mass is 296 g/mol. The topological polar surface area (TPSA) is 166 Å². The largest absolute Gasteiger partial charge is 0.394 e. The highest BCUT2D eigenvalue weighted by atomic mass is 16.5. The number of nitrogens with two attached hydrogens (primary N) is 2. The third kappa shape index (κ3) is 2.13. The predicted octanol–water partition coefficient (Wildman–Crippen LogP) is -2.65. The lowest BCUT2D eigenvalue weighted by atomic mass is 9.96. The standard InChI is InChI=1S/C11H16N6O4/c12-5-7(19)4(1-18)21-11(8(5)20)17-3-16-6-9(13)14-2-15-10(6)17/h2-5,7-8,11,18-20H,1,12H2,(H2,13,14,15)/t4-,5+,7-,8+,11-/m1/s1. The van der Waals surface area contributed by atoms with Crippen molar-refractivity contribution in [2.45, 2.75) is 30.6 Å². The Morgan fingerprint density at radius 1 is 1.24 bits per heavy atom. The van der Waals surface area contributed by atoms with Crippen LogP contribution in [0.5, 0.6) is 0 Å². The van der Waals surface area contributed by atoms with Gasteiger partial charge in [0.05, 0.1) is 19.0 Å². The average Bonchev–Trinajstić information content (AvgIpc) is 2.91. The number of anilines is 1. The van der Waals surface area contributed by atoms with Crippen LogP contribution in [-0.4, -0.2) is 65.8 Å². The molecule has 1 fully saturated rings. The second-order valence-electron chi connectivity index (χ2n) is 4.89. The molecular weight excluding hydrogens is 280 g/mol. The summed E-state index contributed by atoms with van der Waals surface area (Å²) >= 11 is 0. The van der Waals surface area contributed by atoms with Gasteiger partial charge in [-0.05, 0) is 0 Å². The molecule has 0 amide bonds. The van der Waals surface area contributed by atoms with Crippen LogP contribution in [0.4, 0.5) is 5.82 Å². The molecule has 3 heterocycles. The number of aromatic nitrogens is 4. The van der Waals surface area contributed by atoms with Gasteiger partial charge in [-0.15, -0.1) is 0 Å². The van der Waals surface area contributed by atoms with Gasteiger partial charge in [0.1, 0.15) is 30.2 Å². The zero-order valence-corrected chi connectivity index (χ0v) is 10.9. The van der Waals surface area contributed by atoms with Crippen LogP contribution in [0.25, 0.3) is 11.2 Å². The summed E-state index contributed by atoms with van der Waals surface area (Å²) in [4.78, 5) is 12.0. The minimum absolute atomic E-state index is 0.201. The van der Waals surface area contributed by atoms with E-state index in [-0.39, 0.29) is 5.82 Å². The number of nitrogens with zero attached hydrogens (tertiary/aromatic N) is 4. The molecule has 0 unspecified atom stereocenters. The number of nitrogen functional groups attached to an aromatic ring is 1. The van der Waals surface area contributed by atoms with Crippen molar-refractivity contribution in [2.24, 2.45) is 5.73 Å². The zero-order valence-electron chi connectivity index (χ0n) is 10.9. The number of fused-ring (bicyclic) bond motifs is 1. The maximum absolute atomic E-state index is 10.2. The van der Waals surface area contributed by atoms with E-state index in [1.54, 1.807) is 0 Å². The van der Waals surface area contributed by atoms with Crippen LogP contribution in [0.3, 0.4) is 0 Å². The van der Waals surface area contributed by atoms with Crippen LogP contribution in [0.15, 0.2) is 12.7 Å². The molecule has 114 valence electrons. The molecule has 0 aromatic carbocycles. The molecule has 0 radical (unpaired) electrons. The fourth-order valence-electron chi connectivity index (χ4n) is 2.42. The Balaban J connectivity index is 2.03. The summed E-state index contributed by atoms with van der Waals surface area (Å²) in [6.45, 7) is -0.429. The van der Waals surface area contributed by atoms with E-state index in [2.05, 4.69) is 15.0 Å². The Labute approximate surface area is 119 Å². The molecule has 10 heteroatoms. The van der Waals surface area contributed by atoms with E-state index in [1.807, 2.05) is 0 Å². The SMILES string of the molecule is Nc1ncnc2c1ncn2[C@@H]1O[C@H](CO)[C@@H](O)[C@H](N)[C@@H]1O. The van der Waals surface area contributed by atoms with Gasteiger partial charge in [0.15, 0.2) is 17.7 Å². The summed E-state index contributed by atoms with van der Waals surface area (Å²) in [5.41, 5.74) is 12.2. The van der Waals surface area contributed by atoms with Crippen molar-refractivity contribution in [3.8, 4) is 0 Å². The minimum atomic E-state index is -1.20. The molecule has 0 saturated carbocycles. The van der Waals surface area contributed by atoms with Crippen LogP contribution in [0.2, 0.25) is 0 Å². The quantitative estimate of drug-likeness (QED) is 0.397. The van der Waals surface area contributed by atoms with Crippen LogP contribution >= 0.6 is 0 Å². The van der Waals surface area contributed by atoms with Gasteiger partial charge < -0.3 is 31.5 Å². The first-order valence-electron chi connectivity index (χ1n) is 6.35. The van der Waals surface area contributed by atoms with Gasteiger partial charge in [0.2, 0.25) is 0 Å². The fraction of sp³-hybridized carbons (Fsp3) is 0.545. The first-order valence-corrected chi connectivity index (χ1v) is 6.35. The van der Waals surface area contributed by atoms with E-state index in [9.17, 15) is 15.3 Å². The molecule has 10 nitrogen and oxygen atoms in total. The summed E-state index contributed by atoms with van der Waals surface area (Å²) in [6.07, 6.45) is -1.57. The number of aliphatic hydroxyl groups is 3. The van der Waals surface area contributed by atoms with Crippen LogP contribution in [-0.2, 0) is 4.74 Å². The van der Waals surface area contributed by atoms with E-state index in [0.717, 1.165) is 0 Å². The highest BCUT2D eigenvalue weighted by Gasteiger charge is 2.43. The Kier molecular flexibility index (Phi) is 3.47. The summed E-state index contributed by atoms with van der Waals surface area (Å²) < 4.78 is 6.97. The van der Waals surface area contributed by atoms with E-state index >= 15 is 0 Å². The van der Waals surface area contributed by atoms with Crippen LogP contribution < -0.4 is 11.5 Å². The molecule has 2 aromatic rings. The van der Waals surface area contributed by atoms with Crippen molar-refractivity contribution in [1.29, 1.82) is 0 Å². The molecule has 1 aliphatic heterocycles. The van der Waals surface area contributed by atoms with Crippen molar-refractivity contribution in [1.82, 2.24) is 19.5 Å². The van der Waals surface area contributed by atoms with Crippen molar-refractivity contribution in [3.05, 3.63) is 12.7 Å². The molecule has 5 atom stereocenters.